The average Bonchev–Trinajstić information content (AvgIpc) is 2.28. The van der Waals surface area contributed by atoms with Crippen LogP contribution in [0.2, 0.25) is 5.02 Å². The summed E-state index contributed by atoms with van der Waals surface area (Å²) in [7, 11) is 1.52. The van der Waals surface area contributed by atoms with Crippen molar-refractivity contribution in [2.45, 2.75) is 19.4 Å². The molecule has 0 fully saturated rings. The molecule has 4 nitrogen and oxygen atoms in total. The molecule has 1 rings (SSSR count). The van der Waals surface area contributed by atoms with Gasteiger partial charge in [-0.1, -0.05) is 11.6 Å². The maximum Gasteiger partial charge on any atom is 0.255 e. The molecule has 0 aliphatic heterocycles. The van der Waals surface area contributed by atoms with E-state index in [2.05, 4.69) is 5.32 Å². The van der Waals surface area contributed by atoms with Gasteiger partial charge in [-0.3, -0.25) is 4.79 Å². The van der Waals surface area contributed by atoms with E-state index in [1.165, 1.54) is 7.11 Å². The number of hydrogen-bond acceptors (Lipinski definition) is 3. The first-order valence-corrected chi connectivity index (χ1v) is 5.79. The number of carbonyl (C=O) groups excluding carboxylic acids is 1. The Morgan fingerprint density at radius 1 is 1.59 bits per heavy atom. The van der Waals surface area contributed by atoms with Crippen molar-refractivity contribution in [2.75, 3.05) is 13.7 Å². The highest BCUT2D eigenvalue weighted by Gasteiger charge is 2.12. The van der Waals surface area contributed by atoms with Crippen molar-refractivity contribution in [3.8, 4) is 5.75 Å². The largest absolute Gasteiger partial charge is 0.496 e. The predicted octanol–water partition coefficient (Wildman–Crippen LogP) is 1.82. The van der Waals surface area contributed by atoms with E-state index in [0.29, 0.717) is 22.9 Å². The van der Waals surface area contributed by atoms with Gasteiger partial charge in [0.2, 0.25) is 0 Å². The fourth-order valence-corrected chi connectivity index (χ4v) is 1.54. The summed E-state index contributed by atoms with van der Waals surface area (Å²) < 4.78 is 5.10. The summed E-state index contributed by atoms with van der Waals surface area (Å²) in [5.41, 5.74) is 6.04. The minimum Gasteiger partial charge on any atom is -0.496 e. The van der Waals surface area contributed by atoms with Gasteiger partial charge in [0.05, 0.1) is 12.7 Å². The predicted molar refractivity (Wildman–Crippen MR) is 68.6 cm³/mol. The van der Waals surface area contributed by atoms with Crippen LogP contribution in [0.4, 0.5) is 0 Å². The van der Waals surface area contributed by atoms with Crippen molar-refractivity contribution in [3.05, 3.63) is 28.8 Å². The Balaban J connectivity index is 2.70. The number of methoxy groups -OCH3 is 1. The van der Waals surface area contributed by atoms with Crippen LogP contribution in [0.1, 0.15) is 23.7 Å². The van der Waals surface area contributed by atoms with Crippen molar-refractivity contribution in [3.63, 3.8) is 0 Å². The van der Waals surface area contributed by atoms with E-state index in [1.54, 1.807) is 18.2 Å². The van der Waals surface area contributed by atoms with E-state index in [4.69, 9.17) is 22.1 Å². The van der Waals surface area contributed by atoms with Gasteiger partial charge in [0.25, 0.3) is 5.91 Å². The normalized spacial score (nSPS) is 12.0. The molecule has 1 aromatic carbocycles. The third-order valence-corrected chi connectivity index (χ3v) is 2.53. The Morgan fingerprint density at radius 2 is 2.29 bits per heavy atom. The van der Waals surface area contributed by atoms with Crippen molar-refractivity contribution in [1.82, 2.24) is 5.32 Å². The summed E-state index contributed by atoms with van der Waals surface area (Å²) in [6.45, 7) is 2.43. The zero-order chi connectivity index (χ0) is 12.8. The Morgan fingerprint density at radius 3 is 2.88 bits per heavy atom. The van der Waals surface area contributed by atoms with Crippen molar-refractivity contribution < 1.29 is 9.53 Å². The van der Waals surface area contributed by atoms with Gasteiger partial charge in [0.1, 0.15) is 5.75 Å². The molecule has 0 heterocycles. The topological polar surface area (TPSA) is 64.3 Å². The number of carbonyl (C=O) groups is 1. The molecule has 0 aliphatic rings. The fourth-order valence-electron chi connectivity index (χ4n) is 1.37. The summed E-state index contributed by atoms with van der Waals surface area (Å²) in [5, 5.41) is 3.28. The van der Waals surface area contributed by atoms with Gasteiger partial charge >= 0.3 is 0 Å². The summed E-state index contributed by atoms with van der Waals surface area (Å²) in [6, 6.07) is 5.00. The number of rotatable bonds is 5. The van der Waals surface area contributed by atoms with Crippen LogP contribution in [0, 0.1) is 0 Å². The fraction of sp³-hybridized carbons (Fsp3) is 0.417. The van der Waals surface area contributed by atoms with Crippen molar-refractivity contribution in [2.24, 2.45) is 5.73 Å². The standard InChI is InChI=1S/C12H17ClN2O2/c1-8(14)5-6-15-12(16)10-7-9(13)3-4-11(10)17-2/h3-4,7-8H,5-6,14H2,1-2H3,(H,15,16). The molecule has 0 saturated heterocycles. The van der Waals surface area contributed by atoms with Gasteiger partial charge in [0.15, 0.2) is 0 Å². The average molecular weight is 257 g/mol. The number of ether oxygens (including phenoxy) is 1. The Hall–Kier alpha value is -1.26. The van der Waals surface area contributed by atoms with Crippen LogP contribution in [-0.2, 0) is 0 Å². The number of nitrogens with two attached hydrogens (primary N) is 1. The van der Waals surface area contributed by atoms with Crippen LogP contribution in [0.5, 0.6) is 5.75 Å². The summed E-state index contributed by atoms with van der Waals surface area (Å²) in [6.07, 6.45) is 0.731. The molecule has 5 heteroatoms. The lowest BCUT2D eigenvalue weighted by Gasteiger charge is -2.10. The molecule has 0 bridgehead atoms. The highest BCUT2D eigenvalue weighted by atomic mass is 35.5. The maximum atomic E-state index is 11.9. The Kier molecular flexibility index (Phi) is 5.25. The third-order valence-electron chi connectivity index (χ3n) is 2.29. The lowest BCUT2D eigenvalue weighted by atomic mass is 10.2. The summed E-state index contributed by atoms with van der Waals surface area (Å²) in [4.78, 5) is 11.9. The number of benzene rings is 1. The van der Waals surface area contributed by atoms with Crippen LogP contribution in [0.25, 0.3) is 0 Å². The maximum absolute atomic E-state index is 11.9. The number of halogens is 1. The van der Waals surface area contributed by atoms with E-state index in [9.17, 15) is 4.79 Å². The molecule has 1 atom stereocenters. The lowest BCUT2D eigenvalue weighted by Crippen LogP contribution is -2.29. The molecule has 0 radical (unpaired) electrons. The minimum absolute atomic E-state index is 0.0663. The zero-order valence-corrected chi connectivity index (χ0v) is 10.8. The molecule has 0 spiro atoms. The molecule has 0 aromatic heterocycles. The van der Waals surface area contributed by atoms with Crippen LogP contribution in [0.3, 0.4) is 0 Å². The molecule has 1 amide bonds. The first kappa shape index (κ1) is 13.8. The smallest absolute Gasteiger partial charge is 0.255 e. The number of hydrogen-bond donors (Lipinski definition) is 2. The molecule has 1 aromatic rings. The van der Waals surface area contributed by atoms with Gasteiger partial charge in [-0.15, -0.1) is 0 Å². The lowest BCUT2D eigenvalue weighted by molar-refractivity contribution is 0.0950. The van der Waals surface area contributed by atoms with Crippen LogP contribution < -0.4 is 15.8 Å². The molecule has 17 heavy (non-hydrogen) atoms. The SMILES string of the molecule is COc1ccc(Cl)cc1C(=O)NCCC(C)N. The second-order valence-corrected chi connectivity index (χ2v) is 4.30. The van der Waals surface area contributed by atoms with E-state index in [-0.39, 0.29) is 11.9 Å². The van der Waals surface area contributed by atoms with Gasteiger partial charge in [-0.2, -0.15) is 0 Å². The highest BCUT2D eigenvalue weighted by Crippen LogP contribution is 2.22. The highest BCUT2D eigenvalue weighted by molar-refractivity contribution is 6.31. The molecule has 3 N–H and O–H groups in total. The number of amides is 1. The van der Waals surface area contributed by atoms with Gasteiger partial charge in [-0.25, -0.2) is 0 Å². The van der Waals surface area contributed by atoms with Gasteiger partial charge in [-0.05, 0) is 31.5 Å². The van der Waals surface area contributed by atoms with Gasteiger partial charge < -0.3 is 15.8 Å². The third kappa shape index (κ3) is 4.24. The Bertz CT molecular complexity index is 394. The molecular weight excluding hydrogens is 240 g/mol. The van der Waals surface area contributed by atoms with E-state index in [1.807, 2.05) is 6.92 Å². The van der Waals surface area contributed by atoms with Crippen LogP contribution in [-0.4, -0.2) is 25.6 Å². The van der Waals surface area contributed by atoms with E-state index in [0.717, 1.165) is 6.42 Å². The first-order valence-electron chi connectivity index (χ1n) is 5.42. The van der Waals surface area contributed by atoms with Gasteiger partial charge in [0, 0.05) is 17.6 Å². The zero-order valence-electron chi connectivity index (χ0n) is 10.00. The monoisotopic (exact) mass is 256 g/mol. The number of nitrogens with one attached hydrogen (secondary N) is 1. The minimum atomic E-state index is -0.204. The van der Waals surface area contributed by atoms with E-state index < -0.39 is 0 Å². The van der Waals surface area contributed by atoms with Crippen LogP contribution >= 0.6 is 11.6 Å². The second-order valence-electron chi connectivity index (χ2n) is 3.87. The molecule has 1 unspecified atom stereocenters. The van der Waals surface area contributed by atoms with Crippen LogP contribution in [0.15, 0.2) is 18.2 Å². The van der Waals surface area contributed by atoms with E-state index >= 15 is 0 Å². The molecule has 0 aliphatic carbocycles. The quantitative estimate of drug-likeness (QED) is 0.845. The molecule has 94 valence electrons. The first-order chi connectivity index (χ1) is 8.04. The summed E-state index contributed by atoms with van der Waals surface area (Å²) >= 11 is 5.85. The Labute approximate surface area is 106 Å². The van der Waals surface area contributed by atoms with Crippen molar-refractivity contribution in [1.29, 1.82) is 0 Å². The molecular formula is C12H17ClN2O2. The van der Waals surface area contributed by atoms with Crippen molar-refractivity contribution >= 4 is 17.5 Å². The molecule has 0 saturated carbocycles. The summed E-state index contributed by atoms with van der Waals surface area (Å²) in [5.74, 6) is 0.303. The second kappa shape index (κ2) is 6.47.